The Kier molecular flexibility index (Phi) is 5.76. The van der Waals surface area contributed by atoms with E-state index in [-0.39, 0.29) is 12.0 Å². The van der Waals surface area contributed by atoms with Crippen molar-refractivity contribution in [2.24, 2.45) is 7.05 Å². The molecule has 1 aliphatic heterocycles. The molecule has 0 bridgehead atoms. The number of carbonyl (C=O) groups excluding carboxylic acids is 1. The van der Waals surface area contributed by atoms with E-state index in [1.807, 2.05) is 12.1 Å². The fourth-order valence-corrected chi connectivity index (χ4v) is 6.18. The molecule has 1 amide bonds. The van der Waals surface area contributed by atoms with Crippen LogP contribution < -0.4 is 5.32 Å². The van der Waals surface area contributed by atoms with Crippen LogP contribution in [0.5, 0.6) is 0 Å². The summed E-state index contributed by atoms with van der Waals surface area (Å²) in [6.07, 6.45) is 3.18. The lowest BCUT2D eigenvalue weighted by molar-refractivity contribution is -0.0322. The first-order valence-corrected chi connectivity index (χ1v) is 12.1. The Labute approximate surface area is 192 Å². The number of para-hydroxylation sites is 1. The maximum absolute atomic E-state index is 12.7. The van der Waals surface area contributed by atoms with Gasteiger partial charge in [0.1, 0.15) is 0 Å². The molecule has 32 heavy (non-hydrogen) atoms. The number of nitrogens with zero attached hydrogens (tertiary/aromatic N) is 2. The van der Waals surface area contributed by atoms with Gasteiger partial charge in [-0.05, 0) is 29.0 Å². The van der Waals surface area contributed by atoms with E-state index in [0.717, 1.165) is 46.6 Å². The molecule has 0 spiro atoms. The van der Waals surface area contributed by atoms with Gasteiger partial charge < -0.3 is 14.6 Å². The van der Waals surface area contributed by atoms with E-state index in [0.29, 0.717) is 6.61 Å². The number of rotatable bonds is 5. The Bertz CT molecular complexity index is 1290. The molecule has 6 heteroatoms. The lowest BCUT2D eigenvalue weighted by Gasteiger charge is -2.33. The molecule has 4 aromatic rings. The van der Waals surface area contributed by atoms with E-state index in [9.17, 15) is 4.79 Å². The van der Waals surface area contributed by atoms with Crippen LogP contribution in [0.4, 0.5) is 0 Å². The van der Waals surface area contributed by atoms with Gasteiger partial charge in [-0.2, -0.15) is 0 Å². The van der Waals surface area contributed by atoms with Crippen molar-refractivity contribution in [1.29, 1.82) is 0 Å². The second kappa shape index (κ2) is 8.70. The zero-order chi connectivity index (χ0) is 22.2. The molecule has 1 unspecified atom stereocenters. The van der Waals surface area contributed by atoms with E-state index in [2.05, 4.69) is 65.3 Å². The number of amides is 1. The minimum absolute atomic E-state index is 0.0388. The van der Waals surface area contributed by atoms with E-state index in [1.54, 1.807) is 18.4 Å². The first-order chi connectivity index (χ1) is 15.6. The highest BCUT2D eigenvalue weighted by Crippen LogP contribution is 2.38. The van der Waals surface area contributed by atoms with E-state index >= 15 is 0 Å². The molecule has 166 valence electrons. The molecule has 0 aliphatic carbocycles. The number of fused-ring (bicyclic) bond motifs is 2. The van der Waals surface area contributed by atoms with Gasteiger partial charge in [-0.25, -0.2) is 0 Å². The van der Waals surface area contributed by atoms with Crippen molar-refractivity contribution in [2.75, 3.05) is 26.7 Å². The predicted molar refractivity (Wildman–Crippen MR) is 131 cm³/mol. The highest BCUT2D eigenvalue weighted by Gasteiger charge is 2.29. The normalized spacial score (nSPS) is 17.3. The van der Waals surface area contributed by atoms with Crippen LogP contribution >= 0.6 is 11.3 Å². The van der Waals surface area contributed by atoms with Crippen LogP contribution in [0.25, 0.3) is 21.0 Å². The Morgan fingerprint density at radius 3 is 2.78 bits per heavy atom. The number of thiophene rings is 1. The van der Waals surface area contributed by atoms with Gasteiger partial charge in [-0.15, -0.1) is 11.3 Å². The van der Waals surface area contributed by atoms with Crippen LogP contribution in [-0.4, -0.2) is 42.1 Å². The molecular weight excluding hydrogens is 418 g/mol. The van der Waals surface area contributed by atoms with Crippen LogP contribution in [0.3, 0.4) is 0 Å². The Morgan fingerprint density at radius 1 is 1.16 bits per heavy atom. The summed E-state index contributed by atoms with van der Waals surface area (Å²) < 4.78 is 9.63. The van der Waals surface area contributed by atoms with Crippen molar-refractivity contribution in [3.05, 3.63) is 70.2 Å². The fourth-order valence-electron chi connectivity index (χ4n) is 4.98. The van der Waals surface area contributed by atoms with Gasteiger partial charge in [0.05, 0.1) is 23.1 Å². The lowest BCUT2D eigenvalue weighted by atomic mass is 10.0. The van der Waals surface area contributed by atoms with Gasteiger partial charge in [-0.1, -0.05) is 43.3 Å². The number of nitrogens with one attached hydrogen (secondary N) is 1. The Hall–Kier alpha value is -2.67. The summed E-state index contributed by atoms with van der Waals surface area (Å²) in [5, 5.41) is 5.27. The summed E-state index contributed by atoms with van der Waals surface area (Å²) in [5.74, 6) is -0.0388. The number of carbonyl (C=O) groups is 1. The fraction of sp³-hybridized carbons (Fsp3) is 0.346. The topological polar surface area (TPSA) is 46.5 Å². The molecule has 1 N–H and O–H groups in total. The van der Waals surface area contributed by atoms with Gasteiger partial charge in [0.2, 0.25) is 0 Å². The number of ether oxygens (including phenoxy) is 1. The molecule has 1 atom stereocenters. The largest absolute Gasteiger partial charge is 0.371 e. The van der Waals surface area contributed by atoms with Gasteiger partial charge in [0, 0.05) is 55.6 Å². The first kappa shape index (κ1) is 21.2. The van der Waals surface area contributed by atoms with Crippen LogP contribution in [0.1, 0.15) is 39.4 Å². The molecule has 2 aromatic heterocycles. The second-order valence-electron chi connectivity index (χ2n) is 8.45. The van der Waals surface area contributed by atoms with E-state index in [4.69, 9.17) is 4.74 Å². The van der Waals surface area contributed by atoms with Crippen molar-refractivity contribution in [3.8, 4) is 0 Å². The average molecular weight is 448 g/mol. The Balaban J connectivity index is 1.47. The van der Waals surface area contributed by atoms with Crippen molar-refractivity contribution < 1.29 is 9.53 Å². The van der Waals surface area contributed by atoms with Crippen molar-refractivity contribution in [1.82, 2.24) is 14.8 Å². The summed E-state index contributed by atoms with van der Waals surface area (Å²) in [6.45, 7) is 5.41. The van der Waals surface area contributed by atoms with E-state index in [1.165, 1.54) is 22.0 Å². The van der Waals surface area contributed by atoms with Crippen LogP contribution in [-0.2, 0) is 24.8 Å². The third-order valence-corrected chi connectivity index (χ3v) is 7.67. The number of benzene rings is 2. The molecule has 0 saturated carbocycles. The maximum Gasteiger partial charge on any atom is 0.261 e. The maximum atomic E-state index is 12.7. The molecule has 3 heterocycles. The summed E-state index contributed by atoms with van der Waals surface area (Å²) in [6, 6.07) is 14.9. The lowest BCUT2D eigenvalue weighted by Crippen LogP contribution is -2.38. The molecule has 5 rings (SSSR count). The molecular formula is C26H29N3O2S. The standard InChI is InChI=1S/C26H29N3O2S/c1-4-17-8-7-10-19-18(14-28(3)24(17)19)15-29-12-13-31-21(16-29)23-20-9-5-6-11-22(20)32-25(23)26(30)27-2/h5-11,14,21H,4,12-13,15-16H2,1-3H3,(H,27,30). The highest BCUT2D eigenvalue weighted by molar-refractivity contribution is 7.21. The molecule has 2 aromatic carbocycles. The van der Waals surface area contributed by atoms with Gasteiger partial charge in [0.25, 0.3) is 5.91 Å². The van der Waals surface area contributed by atoms with E-state index < -0.39 is 0 Å². The summed E-state index contributed by atoms with van der Waals surface area (Å²) in [4.78, 5) is 15.9. The summed E-state index contributed by atoms with van der Waals surface area (Å²) in [7, 11) is 3.83. The molecule has 0 radical (unpaired) electrons. The minimum atomic E-state index is -0.117. The minimum Gasteiger partial charge on any atom is -0.371 e. The number of hydrogen-bond donors (Lipinski definition) is 1. The number of aromatic nitrogens is 1. The predicted octanol–water partition coefficient (Wildman–Crippen LogP) is 4.89. The van der Waals surface area contributed by atoms with Crippen molar-refractivity contribution in [3.63, 3.8) is 0 Å². The zero-order valence-electron chi connectivity index (χ0n) is 18.9. The third kappa shape index (κ3) is 3.62. The quantitative estimate of drug-likeness (QED) is 0.474. The number of hydrogen-bond acceptors (Lipinski definition) is 4. The average Bonchev–Trinajstić information content (AvgIpc) is 3.37. The van der Waals surface area contributed by atoms with Gasteiger partial charge in [0.15, 0.2) is 0 Å². The second-order valence-corrected chi connectivity index (χ2v) is 9.50. The van der Waals surface area contributed by atoms with Crippen molar-refractivity contribution in [2.45, 2.75) is 26.0 Å². The van der Waals surface area contributed by atoms with Crippen molar-refractivity contribution >= 4 is 38.2 Å². The molecule has 5 nitrogen and oxygen atoms in total. The smallest absolute Gasteiger partial charge is 0.261 e. The summed E-state index contributed by atoms with van der Waals surface area (Å²) >= 11 is 1.55. The van der Waals surface area contributed by atoms with Gasteiger partial charge in [-0.3, -0.25) is 9.69 Å². The number of aryl methyl sites for hydroxylation is 2. The van der Waals surface area contributed by atoms with Crippen LogP contribution in [0.2, 0.25) is 0 Å². The molecule has 1 fully saturated rings. The van der Waals surface area contributed by atoms with Gasteiger partial charge >= 0.3 is 0 Å². The Morgan fingerprint density at radius 2 is 1.97 bits per heavy atom. The zero-order valence-corrected chi connectivity index (χ0v) is 19.7. The summed E-state index contributed by atoms with van der Waals surface area (Å²) in [5.41, 5.74) is 5.09. The molecule has 1 saturated heterocycles. The third-order valence-electron chi connectivity index (χ3n) is 6.48. The number of morpholine rings is 1. The monoisotopic (exact) mass is 447 g/mol. The molecule has 1 aliphatic rings. The highest BCUT2D eigenvalue weighted by atomic mass is 32.1. The van der Waals surface area contributed by atoms with Crippen LogP contribution in [0, 0.1) is 0 Å². The van der Waals surface area contributed by atoms with Crippen LogP contribution in [0.15, 0.2) is 48.7 Å². The SMILES string of the molecule is CCc1cccc2c(CN3CCOC(c4c(C(=O)NC)sc5ccccc45)C3)cn(C)c12. The first-order valence-electron chi connectivity index (χ1n) is 11.2.